The van der Waals surface area contributed by atoms with E-state index in [0.29, 0.717) is 11.6 Å². The van der Waals surface area contributed by atoms with Gasteiger partial charge in [0.25, 0.3) is 0 Å². The van der Waals surface area contributed by atoms with Crippen molar-refractivity contribution in [2.75, 3.05) is 0 Å². The Morgan fingerprint density at radius 2 is 1.02 bits per heavy atom. The van der Waals surface area contributed by atoms with Crippen LogP contribution in [0.4, 0.5) is 0 Å². The molecule has 5 aromatic carbocycles. The second-order valence-corrected chi connectivity index (χ2v) is 14.5. The third kappa shape index (κ3) is 7.22. The monoisotopic (exact) mass is 689 g/mol. The summed E-state index contributed by atoms with van der Waals surface area (Å²) in [6, 6.07) is 44.5. The van der Waals surface area contributed by atoms with Gasteiger partial charge in [0.15, 0.2) is 17.5 Å². The minimum absolute atomic E-state index is 0.0766. The normalized spacial score (nSPS) is 13.8. The largest absolute Gasteiger partial charge is 0.208 e. The average Bonchev–Trinajstić information content (AvgIpc) is 3.24. The lowest BCUT2D eigenvalue weighted by atomic mass is 9.68. The quantitative estimate of drug-likeness (QED) is 0.136. The maximum atomic E-state index is 5.08. The Hall–Kier alpha value is -5.67. The highest BCUT2D eigenvalue weighted by atomic mass is 15.0. The molecule has 0 fully saturated rings. The summed E-state index contributed by atoms with van der Waals surface area (Å²) in [6.07, 6.45) is 19.8. The van der Waals surface area contributed by atoms with Crippen LogP contribution in [0.2, 0.25) is 0 Å². The molecular formula is C50H47N3. The van der Waals surface area contributed by atoms with E-state index in [1.807, 2.05) is 6.07 Å². The molecule has 2 aliphatic carbocycles. The van der Waals surface area contributed by atoms with Gasteiger partial charge in [0, 0.05) is 22.1 Å². The Morgan fingerprint density at radius 3 is 1.64 bits per heavy atom. The Labute approximate surface area is 314 Å². The van der Waals surface area contributed by atoms with Crippen LogP contribution in [0, 0.1) is 0 Å². The van der Waals surface area contributed by atoms with Gasteiger partial charge in [0.1, 0.15) is 0 Å². The Bertz CT molecular complexity index is 2270. The van der Waals surface area contributed by atoms with E-state index in [-0.39, 0.29) is 5.41 Å². The second-order valence-electron chi connectivity index (χ2n) is 14.5. The molecule has 0 N–H and O–H groups in total. The van der Waals surface area contributed by atoms with Gasteiger partial charge in [-0.3, -0.25) is 0 Å². The van der Waals surface area contributed by atoms with Gasteiger partial charge < -0.3 is 0 Å². The molecule has 1 heterocycles. The zero-order chi connectivity index (χ0) is 36.0. The fourth-order valence-electron chi connectivity index (χ4n) is 8.23. The summed E-state index contributed by atoms with van der Waals surface area (Å²) >= 11 is 0. The average molecular weight is 690 g/mol. The van der Waals surface area contributed by atoms with Gasteiger partial charge in [-0.25, -0.2) is 15.0 Å². The minimum atomic E-state index is -0.0766. The summed E-state index contributed by atoms with van der Waals surface area (Å²) in [4.78, 5) is 15.1. The van der Waals surface area contributed by atoms with Gasteiger partial charge in [0.2, 0.25) is 0 Å². The van der Waals surface area contributed by atoms with Crippen molar-refractivity contribution in [2.45, 2.75) is 70.6 Å². The summed E-state index contributed by atoms with van der Waals surface area (Å²) < 4.78 is 0. The van der Waals surface area contributed by atoms with Crippen LogP contribution in [0.5, 0.6) is 0 Å². The summed E-state index contributed by atoms with van der Waals surface area (Å²) in [5.41, 5.74) is 13.4. The van der Waals surface area contributed by atoms with E-state index in [9.17, 15) is 0 Å². The van der Waals surface area contributed by atoms with Crippen molar-refractivity contribution in [1.29, 1.82) is 0 Å². The van der Waals surface area contributed by atoms with Gasteiger partial charge in [-0.05, 0) is 89.1 Å². The molecule has 8 rings (SSSR count). The van der Waals surface area contributed by atoms with E-state index in [2.05, 4.69) is 159 Å². The topological polar surface area (TPSA) is 38.7 Å². The molecule has 0 amide bonds. The summed E-state index contributed by atoms with van der Waals surface area (Å²) in [6.45, 7) is 4.62. The Kier molecular flexibility index (Phi) is 10.1. The highest BCUT2D eigenvalue weighted by Gasteiger charge is 2.33. The van der Waals surface area contributed by atoms with Crippen LogP contribution >= 0.6 is 0 Å². The van der Waals surface area contributed by atoms with Gasteiger partial charge in [-0.15, -0.1) is 0 Å². The molecule has 0 unspecified atom stereocenters. The zero-order valence-electron chi connectivity index (χ0n) is 30.9. The molecule has 6 aromatic rings. The van der Waals surface area contributed by atoms with Crippen molar-refractivity contribution in [3.05, 3.63) is 174 Å². The zero-order valence-corrected chi connectivity index (χ0v) is 30.9. The number of hydrogen-bond acceptors (Lipinski definition) is 3. The number of nitrogens with zero attached hydrogens (tertiary/aromatic N) is 3. The van der Waals surface area contributed by atoms with E-state index < -0.39 is 0 Å². The molecule has 0 atom stereocenters. The fourth-order valence-corrected chi connectivity index (χ4v) is 8.23. The molecule has 262 valence electrons. The van der Waals surface area contributed by atoms with E-state index >= 15 is 0 Å². The molecule has 3 heteroatoms. The van der Waals surface area contributed by atoms with Crippen molar-refractivity contribution in [3.63, 3.8) is 0 Å². The number of hydrogen-bond donors (Lipinski definition) is 0. The molecule has 1 aromatic heterocycles. The van der Waals surface area contributed by atoms with E-state index in [1.165, 1.54) is 44.5 Å². The van der Waals surface area contributed by atoms with Crippen LogP contribution in [-0.2, 0) is 11.8 Å². The van der Waals surface area contributed by atoms with E-state index in [0.717, 1.165) is 73.9 Å². The summed E-state index contributed by atoms with van der Waals surface area (Å²) in [5.74, 6) is 2.11. The van der Waals surface area contributed by atoms with Gasteiger partial charge >= 0.3 is 0 Å². The van der Waals surface area contributed by atoms with Crippen molar-refractivity contribution >= 4 is 11.6 Å². The molecule has 53 heavy (non-hydrogen) atoms. The number of rotatable bonds is 11. The molecule has 0 spiro atoms. The summed E-state index contributed by atoms with van der Waals surface area (Å²) in [7, 11) is 0. The number of aromatic nitrogens is 3. The lowest BCUT2D eigenvalue weighted by molar-refractivity contribution is 0.426. The SMILES string of the molecule is CCCC(CCC)(c1ccc(-c2ccc3c(c2)C=CCC3)cc1)c1ccc(-c2nc(C3=CCCC=C3)nc(-c3ccc(-c4ccccc4)cc3)n2)cc1. The molecule has 2 aliphatic rings. The predicted octanol–water partition coefficient (Wildman–Crippen LogP) is 13.1. The number of allylic oxidation sites excluding steroid dienone is 5. The van der Waals surface area contributed by atoms with Gasteiger partial charge in [-0.1, -0.05) is 172 Å². The fraction of sp³-hybridized carbons (Fsp3) is 0.220. The number of benzene rings is 5. The lowest BCUT2D eigenvalue weighted by Gasteiger charge is -2.35. The highest BCUT2D eigenvalue weighted by molar-refractivity contribution is 5.75. The van der Waals surface area contributed by atoms with E-state index in [4.69, 9.17) is 15.0 Å². The third-order valence-electron chi connectivity index (χ3n) is 11.0. The van der Waals surface area contributed by atoms with Crippen LogP contribution in [0.1, 0.15) is 86.9 Å². The van der Waals surface area contributed by atoms with Crippen LogP contribution in [-0.4, -0.2) is 15.0 Å². The van der Waals surface area contributed by atoms with Crippen molar-refractivity contribution in [3.8, 4) is 45.0 Å². The van der Waals surface area contributed by atoms with Crippen LogP contribution in [0.25, 0.3) is 56.7 Å². The molecule has 3 nitrogen and oxygen atoms in total. The molecule has 0 bridgehead atoms. The van der Waals surface area contributed by atoms with Crippen LogP contribution in [0.3, 0.4) is 0 Å². The van der Waals surface area contributed by atoms with Crippen LogP contribution < -0.4 is 0 Å². The van der Waals surface area contributed by atoms with Crippen molar-refractivity contribution in [2.24, 2.45) is 0 Å². The molecule has 0 aliphatic heterocycles. The second kappa shape index (κ2) is 15.5. The first-order chi connectivity index (χ1) is 26.1. The molecular weight excluding hydrogens is 643 g/mol. The van der Waals surface area contributed by atoms with Crippen molar-refractivity contribution < 1.29 is 0 Å². The lowest BCUT2D eigenvalue weighted by Crippen LogP contribution is -2.27. The Morgan fingerprint density at radius 1 is 0.491 bits per heavy atom. The first-order valence-electron chi connectivity index (χ1n) is 19.4. The molecule has 0 saturated heterocycles. The van der Waals surface area contributed by atoms with Gasteiger partial charge in [0.05, 0.1) is 0 Å². The number of fused-ring (bicyclic) bond motifs is 1. The van der Waals surface area contributed by atoms with Crippen molar-refractivity contribution in [1.82, 2.24) is 15.0 Å². The maximum Gasteiger partial charge on any atom is 0.164 e. The summed E-state index contributed by atoms with van der Waals surface area (Å²) in [5, 5.41) is 0. The standard InChI is InChI=1S/C50H47N3/c1-3-33-50(34-4-2,45-29-25-39(26-30-45)44-24-21-37-15-11-12-18-43(37)35-44)46-31-27-42(28-32-46)49-52-47(40-16-9-6-10-17-40)51-48(53-49)41-22-19-38(20-23-41)36-13-7-5-8-14-36/h5,7-9,12-14,16-32,35H,3-4,6,10-11,15,33-34H2,1-2H3. The molecule has 0 radical (unpaired) electrons. The molecule has 0 saturated carbocycles. The predicted molar refractivity (Wildman–Crippen MR) is 222 cm³/mol. The first-order valence-corrected chi connectivity index (χ1v) is 19.4. The third-order valence-corrected chi connectivity index (χ3v) is 11.0. The maximum absolute atomic E-state index is 5.08. The van der Waals surface area contributed by atoms with E-state index in [1.54, 1.807) is 0 Å². The number of aryl methyl sites for hydroxylation is 1. The Balaban J connectivity index is 1.14. The highest BCUT2D eigenvalue weighted by Crippen LogP contribution is 2.42. The first kappa shape index (κ1) is 34.4. The van der Waals surface area contributed by atoms with Crippen LogP contribution in [0.15, 0.2) is 146 Å². The van der Waals surface area contributed by atoms with Gasteiger partial charge in [-0.2, -0.15) is 0 Å². The smallest absolute Gasteiger partial charge is 0.164 e. The minimum Gasteiger partial charge on any atom is -0.208 e.